The molecule has 1 fully saturated rings. The summed E-state index contributed by atoms with van der Waals surface area (Å²) >= 11 is 6.09. The molecule has 0 bridgehead atoms. The first kappa shape index (κ1) is 12.9. The standard InChI is InChI=1S/C13H14ClNO3/c1-8-3-2-4-10(12(8)14)13(18)15-6-9(7-15)5-11(16)17/h2-4,9H,5-7H2,1H3,(H,16,17). The van der Waals surface area contributed by atoms with Crippen molar-refractivity contribution in [1.82, 2.24) is 4.90 Å². The zero-order chi connectivity index (χ0) is 13.3. The molecule has 1 aromatic rings. The van der Waals surface area contributed by atoms with Gasteiger partial charge in [-0.15, -0.1) is 0 Å². The van der Waals surface area contributed by atoms with Gasteiger partial charge in [-0.2, -0.15) is 0 Å². The van der Waals surface area contributed by atoms with Crippen LogP contribution in [-0.2, 0) is 4.79 Å². The van der Waals surface area contributed by atoms with Gasteiger partial charge in [0.25, 0.3) is 5.91 Å². The summed E-state index contributed by atoms with van der Waals surface area (Å²) in [5.74, 6) is -0.874. The zero-order valence-electron chi connectivity index (χ0n) is 10.0. The van der Waals surface area contributed by atoms with Crippen LogP contribution in [0.25, 0.3) is 0 Å². The molecule has 0 atom stereocenters. The molecule has 1 aromatic carbocycles. The number of halogens is 1. The van der Waals surface area contributed by atoms with Crippen LogP contribution in [0.2, 0.25) is 5.02 Å². The van der Waals surface area contributed by atoms with E-state index in [0.29, 0.717) is 23.7 Å². The second kappa shape index (κ2) is 4.98. The van der Waals surface area contributed by atoms with Gasteiger partial charge in [-0.3, -0.25) is 9.59 Å². The van der Waals surface area contributed by atoms with Crippen LogP contribution in [0.4, 0.5) is 0 Å². The molecule has 4 nitrogen and oxygen atoms in total. The highest BCUT2D eigenvalue weighted by Crippen LogP contribution is 2.26. The van der Waals surface area contributed by atoms with Crippen LogP contribution in [0.3, 0.4) is 0 Å². The number of carbonyl (C=O) groups excluding carboxylic acids is 1. The van der Waals surface area contributed by atoms with Gasteiger partial charge >= 0.3 is 5.97 Å². The minimum atomic E-state index is -0.819. The molecule has 1 amide bonds. The monoisotopic (exact) mass is 267 g/mol. The summed E-state index contributed by atoms with van der Waals surface area (Å²) in [5.41, 5.74) is 1.36. The number of aliphatic carboxylic acids is 1. The molecule has 0 aliphatic carbocycles. The molecule has 0 unspecified atom stereocenters. The van der Waals surface area contributed by atoms with E-state index in [-0.39, 0.29) is 18.2 Å². The fraction of sp³-hybridized carbons (Fsp3) is 0.385. The van der Waals surface area contributed by atoms with Crippen LogP contribution in [0.5, 0.6) is 0 Å². The molecule has 0 radical (unpaired) electrons. The number of carbonyl (C=O) groups is 2. The van der Waals surface area contributed by atoms with Gasteiger partial charge in [0.15, 0.2) is 0 Å². The maximum absolute atomic E-state index is 12.1. The SMILES string of the molecule is Cc1cccc(C(=O)N2CC(CC(=O)O)C2)c1Cl. The second-order valence-corrected chi connectivity index (χ2v) is 4.99. The number of benzene rings is 1. The largest absolute Gasteiger partial charge is 0.481 e. The maximum atomic E-state index is 12.1. The van der Waals surface area contributed by atoms with E-state index in [4.69, 9.17) is 16.7 Å². The van der Waals surface area contributed by atoms with Gasteiger partial charge in [-0.1, -0.05) is 23.7 Å². The van der Waals surface area contributed by atoms with Crippen molar-refractivity contribution in [3.8, 4) is 0 Å². The van der Waals surface area contributed by atoms with Crippen molar-refractivity contribution in [2.24, 2.45) is 5.92 Å². The number of carboxylic acid groups (broad SMARTS) is 1. The number of aryl methyl sites for hydroxylation is 1. The molecule has 1 heterocycles. The number of carboxylic acids is 1. The molecule has 0 spiro atoms. The van der Waals surface area contributed by atoms with E-state index < -0.39 is 5.97 Å². The maximum Gasteiger partial charge on any atom is 0.303 e. The fourth-order valence-corrected chi connectivity index (χ4v) is 2.30. The Bertz CT molecular complexity index is 495. The van der Waals surface area contributed by atoms with Gasteiger partial charge in [0.2, 0.25) is 0 Å². The van der Waals surface area contributed by atoms with Crippen molar-refractivity contribution >= 4 is 23.5 Å². The molecule has 5 heteroatoms. The lowest BCUT2D eigenvalue weighted by molar-refractivity contribution is -0.139. The van der Waals surface area contributed by atoms with Crippen molar-refractivity contribution in [3.63, 3.8) is 0 Å². The number of likely N-dealkylation sites (tertiary alicyclic amines) is 1. The molecular weight excluding hydrogens is 254 g/mol. The normalized spacial score (nSPS) is 15.3. The summed E-state index contributed by atoms with van der Waals surface area (Å²) in [6, 6.07) is 5.34. The minimum absolute atomic E-state index is 0.0648. The Kier molecular flexibility index (Phi) is 3.57. The van der Waals surface area contributed by atoms with E-state index in [1.54, 1.807) is 17.0 Å². The van der Waals surface area contributed by atoms with Crippen molar-refractivity contribution in [1.29, 1.82) is 0 Å². The van der Waals surface area contributed by atoms with Crippen LogP contribution in [0.15, 0.2) is 18.2 Å². The Balaban J connectivity index is 2.02. The summed E-state index contributed by atoms with van der Waals surface area (Å²) in [5, 5.41) is 9.12. The van der Waals surface area contributed by atoms with Crippen LogP contribution in [0.1, 0.15) is 22.3 Å². The summed E-state index contributed by atoms with van der Waals surface area (Å²) in [6.07, 6.45) is 0.116. The van der Waals surface area contributed by atoms with Gasteiger partial charge in [0.1, 0.15) is 0 Å². The molecule has 96 valence electrons. The molecule has 1 aliphatic heterocycles. The van der Waals surface area contributed by atoms with E-state index in [1.165, 1.54) is 0 Å². The van der Waals surface area contributed by atoms with Crippen molar-refractivity contribution in [3.05, 3.63) is 34.3 Å². The van der Waals surface area contributed by atoms with Gasteiger partial charge in [-0.05, 0) is 18.6 Å². The summed E-state index contributed by atoms with van der Waals surface area (Å²) in [7, 11) is 0. The average molecular weight is 268 g/mol. The quantitative estimate of drug-likeness (QED) is 0.913. The third kappa shape index (κ3) is 2.48. The molecule has 18 heavy (non-hydrogen) atoms. The van der Waals surface area contributed by atoms with Gasteiger partial charge in [-0.25, -0.2) is 0 Å². The first-order chi connectivity index (χ1) is 8.49. The number of hydrogen-bond donors (Lipinski definition) is 1. The Labute approximate surface area is 110 Å². The molecule has 1 aliphatic rings. The topological polar surface area (TPSA) is 57.6 Å². The van der Waals surface area contributed by atoms with Crippen LogP contribution in [0, 0.1) is 12.8 Å². The number of amides is 1. The molecule has 0 saturated carbocycles. The average Bonchev–Trinajstić information content (AvgIpc) is 2.25. The number of rotatable bonds is 3. The van der Waals surface area contributed by atoms with Gasteiger partial charge in [0, 0.05) is 19.0 Å². The highest BCUT2D eigenvalue weighted by Gasteiger charge is 2.33. The third-order valence-electron chi connectivity index (χ3n) is 3.13. The van der Waals surface area contributed by atoms with E-state index in [0.717, 1.165) is 5.56 Å². The van der Waals surface area contributed by atoms with Crippen LogP contribution >= 0.6 is 11.6 Å². The van der Waals surface area contributed by atoms with Gasteiger partial charge < -0.3 is 10.0 Å². The molecule has 2 rings (SSSR count). The highest BCUT2D eigenvalue weighted by molar-refractivity contribution is 6.34. The van der Waals surface area contributed by atoms with Crippen molar-refractivity contribution in [2.75, 3.05) is 13.1 Å². The lowest BCUT2D eigenvalue weighted by Crippen LogP contribution is -2.50. The Hall–Kier alpha value is -1.55. The highest BCUT2D eigenvalue weighted by atomic mass is 35.5. The summed E-state index contributed by atoms with van der Waals surface area (Å²) in [4.78, 5) is 24.3. The smallest absolute Gasteiger partial charge is 0.303 e. The van der Waals surface area contributed by atoms with Crippen LogP contribution in [-0.4, -0.2) is 35.0 Å². The van der Waals surface area contributed by atoms with Crippen molar-refractivity contribution < 1.29 is 14.7 Å². The predicted molar refractivity (Wildman–Crippen MR) is 67.8 cm³/mol. The molecule has 1 N–H and O–H groups in total. The van der Waals surface area contributed by atoms with Crippen molar-refractivity contribution in [2.45, 2.75) is 13.3 Å². The first-order valence-corrected chi connectivity index (χ1v) is 6.13. The predicted octanol–water partition coefficient (Wildman–Crippen LogP) is 2.20. The molecular formula is C13H14ClNO3. The Morgan fingerprint density at radius 2 is 2.11 bits per heavy atom. The lowest BCUT2D eigenvalue weighted by Gasteiger charge is -2.38. The zero-order valence-corrected chi connectivity index (χ0v) is 10.8. The fourth-order valence-electron chi connectivity index (χ4n) is 2.09. The Morgan fingerprint density at radius 1 is 1.44 bits per heavy atom. The van der Waals surface area contributed by atoms with Crippen LogP contribution < -0.4 is 0 Å². The van der Waals surface area contributed by atoms with E-state index >= 15 is 0 Å². The third-order valence-corrected chi connectivity index (χ3v) is 3.63. The van der Waals surface area contributed by atoms with E-state index in [2.05, 4.69) is 0 Å². The summed E-state index contributed by atoms with van der Waals surface area (Å²) < 4.78 is 0. The van der Waals surface area contributed by atoms with Gasteiger partial charge in [0.05, 0.1) is 17.0 Å². The molecule has 1 saturated heterocycles. The lowest BCUT2D eigenvalue weighted by atomic mass is 9.95. The minimum Gasteiger partial charge on any atom is -0.481 e. The second-order valence-electron chi connectivity index (χ2n) is 4.61. The number of nitrogens with zero attached hydrogens (tertiary/aromatic N) is 1. The first-order valence-electron chi connectivity index (χ1n) is 5.75. The summed E-state index contributed by atoms with van der Waals surface area (Å²) in [6.45, 7) is 2.84. The number of hydrogen-bond acceptors (Lipinski definition) is 2. The van der Waals surface area contributed by atoms with E-state index in [9.17, 15) is 9.59 Å². The van der Waals surface area contributed by atoms with E-state index in [1.807, 2.05) is 13.0 Å². The molecule has 0 aromatic heterocycles. The Morgan fingerprint density at radius 3 is 2.72 bits per heavy atom.